The van der Waals surface area contributed by atoms with Crippen molar-refractivity contribution in [2.75, 3.05) is 17.2 Å². The number of nitriles is 1. The molecule has 1 fully saturated rings. The Labute approximate surface area is 114 Å². The van der Waals surface area contributed by atoms with E-state index in [1.54, 1.807) is 0 Å². The summed E-state index contributed by atoms with van der Waals surface area (Å²) in [6.45, 7) is -0.00656. The van der Waals surface area contributed by atoms with Crippen molar-refractivity contribution in [2.45, 2.75) is 6.42 Å². The molecule has 1 aliphatic heterocycles. The third-order valence-electron chi connectivity index (χ3n) is 3.01. The van der Waals surface area contributed by atoms with E-state index in [1.807, 2.05) is 6.07 Å². The Kier molecular flexibility index (Phi) is 3.32. The number of hydrogen-bond acceptors (Lipinski definition) is 4. The molecule has 0 saturated carbocycles. The van der Waals surface area contributed by atoms with Crippen molar-refractivity contribution < 1.29 is 14.7 Å². The number of carbonyl (C=O) groups is 2. The molecule has 0 aromatic heterocycles. The maximum Gasteiger partial charge on any atom is 0.308 e. The third kappa shape index (κ3) is 2.20. The Balaban J connectivity index is 2.49. The van der Waals surface area contributed by atoms with Crippen molar-refractivity contribution in [2.24, 2.45) is 5.92 Å². The normalized spacial score (nSPS) is 18.4. The SMILES string of the molecule is N#Cc1c(Cl)ccc(N)c1N1CC(C(=O)O)CC1=O. The van der Waals surface area contributed by atoms with Gasteiger partial charge in [0.1, 0.15) is 6.07 Å². The molecule has 19 heavy (non-hydrogen) atoms. The van der Waals surface area contributed by atoms with Crippen molar-refractivity contribution in [1.29, 1.82) is 5.26 Å². The Morgan fingerprint density at radius 1 is 1.58 bits per heavy atom. The van der Waals surface area contributed by atoms with Gasteiger partial charge in [0.25, 0.3) is 0 Å². The van der Waals surface area contributed by atoms with Crippen molar-refractivity contribution >= 4 is 34.9 Å². The summed E-state index contributed by atoms with van der Waals surface area (Å²) in [5, 5.41) is 18.2. The lowest BCUT2D eigenvalue weighted by molar-refractivity contribution is -0.141. The number of halogens is 1. The van der Waals surface area contributed by atoms with E-state index in [0.717, 1.165) is 0 Å². The minimum atomic E-state index is -1.05. The summed E-state index contributed by atoms with van der Waals surface area (Å²) in [4.78, 5) is 24.0. The van der Waals surface area contributed by atoms with Crippen LogP contribution in [-0.2, 0) is 9.59 Å². The van der Waals surface area contributed by atoms with Gasteiger partial charge >= 0.3 is 5.97 Å². The van der Waals surface area contributed by atoms with E-state index in [2.05, 4.69) is 0 Å². The van der Waals surface area contributed by atoms with E-state index in [4.69, 9.17) is 27.7 Å². The van der Waals surface area contributed by atoms with Crippen molar-refractivity contribution in [1.82, 2.24) is 0 Å². The van der Waals surface area contributed by atoms with Crippen LogP contribution in [0.2, 0.25) is 5.02 Å². The van der Waals surface area contributed by atoms with Gasteiger partial charge in [0.15, 0.2) is 0 Å². The van der Waals surface area contributed by atoms with E-state index in [-0.39, 0.29) is 40.8 Å². The molecule has 6 nitrogen and oxygen atoms in total. The molecule has 1 aromatic rings. The van der Waals surface area contributed by atoms with Crippen LogP contribution in [0, 0.1) is 17.2 Å². The average molecular weight is 280 g/mol. The molecule has 1 atom stereocenters. The highest BCUT2D eigenvalue weighted by Gasteiger charge is 2.37. The lowest BCUT2D eigenvalue weighted by atomic mass is 10.1. The molecular formula is C12H10ClN3O3. The third-order valence-corrected chi connectivity index (χ3v) is 3.33. The summed E-state index contributed by atoms with van der Waals surface area (Å²) in [7, 11) is 0. The number of aliphatic carboxylic acids is 1. The number of rotatable bonds is 2. The molecule has 2 rings (SSSR count). The summed E-state index contributed by atoms with van der Waals surface area (Å²) in [5.74, 6) is -2.22. The van der Waals surface area contributed by atoms with E-state index in [1.165, 1.54) is 17.0 Å². The van der Waals surface area contributed by atoms with Gasteiger partial charge in [-0.1, -0.05) is 11.6 Å². The van der Waals surface area contributed by atoms with Gasteiger partial charge in [-0.3, -0.25) is 9.59 Å². The van der Waals surface area contributed by atoms with Gasteiger partial charge in [-0.15, -0.1) is 0 Å². The largest absolute Gasteiger partial charge is 0.481 e. The molecule has 98 valence electrons. The fraction of sp³-hybridized carbons (Fsp3) is 0.250. The second-order valence-corrected chi connectivity index (χ2v) is 4.62. The number of carboxylic acid groups (broad SMARTS) is 1. The summed E-state index contributed by atoms with van der Waals surface area (Å²) in [5.41, 5.74) is 6.28. The molecule has 1 amide bonds. The number of anilines is 2. The summed E-state index contributed by atoms with van der Waals surface area (Å²) in [6, 6.07) is 4.85. The number of benzene rings is 1. The van der Waals surface area contributed by atoms with Gasteiger partial charge in [-0.05, 0) is 12.1 Å². The minimum absolute atomic E-state index is 0.00656. The maximum absolute atomic E-state index is 11.9. The first-order valence-corrected chi connectivity index (χ1v) is 5.84. The molecule has 3 N–H and O–H groups in total. The van der Waals surface area contributed by atoms with Crippen LogP contribution in [0.25, 0.3) is 0 Å². The molecule has 1 aromatic carbocycles. The van der Waals surface area contributed by atoms with Crippen molar-refractivity contribution in [3.05, 3.63) is 22.7 Å². The van der Waals surface area contributed by atoms with Crippen molar-refractivity contribution in [3.8, 4) is 6.07 Å². The van der Waals surface area contributed by atoms with Crippen LogP contribution < -0.4 is 10.6 Å². The number of nitrogens with two attached hydrogens (primary N) is 1. The van der Waals surface area contributed by atoms with Gasteiger partial charge < -0.3 is 15.7 Å². The lowest BCUT2D eigenvalue weighted by Crippen LogP contribution is -2.27. The Hall–Kier alpha value is -2.26. The zero-order valence-corrected chi connectivity index (χ0v) is 10.5. The lowest BCUT2D eigenvalue weighted by Gasteiger charge is -2.20. The van der Waals surface area contributed by atoms with Crippen LogP contribution in [0.5, 0.6) is 0 Å². The standard InChI is InChI=1S/C12H10ClN3O3/c13-8-1-2-9(15)11(7(8)4-14)16-5-6(12(18)19)3-10(16)17/h1-2,6H,3,5,15H2,(H,18,19). The zero-order valence-electron chi connectivity index (χ0n) is 9.76. The Morgan fingerprint density at radius 3 is 2.79 bits per heavy atom. The number of carbonyl (C=O) groups excluding carboxylic acids is 1. The highest BCUT2D eigenvalue weighted by Crippen LogP contribution is 2.36. The summed E-state index contributed by atoms with van der Waals surface area (Å²) in [6.07, 6.45) is -0.105. The van der Waals surface area contributed by atoms with Gasteiger partial charge in [-0.25, -0.2) is 0 Å². The first kappa shape index (κ1) is 13.2. The summed E-state index contributed by atoms with van der Waals surface area (Å²) < 4.78 is 0. The van der Waals surface area contributed by atoms with E-state index < -0.39 is 11.9 Å². The monoisotopic (exact) mass is 279 g/mol. The molecule has 0 spiro atoms. The fourth-order valence-electron chi connectivity index (χ4n) is 2.07. The number of carboxylic acids is 1. The minimum Gasteiger partial charge on any atom is -0.481 e. The topological polar surface area (TPSA) is 107 Å². The first-order valence-electron chi connectivity index (χ1n) is 5.47. The Bertz CT molecular complexity index is 609. The van der Waals surface area contributed by atoms with E-state index in [9.17, 15) is 9.59 Å². The number of nitrogens with zero attached hydrogens (tertiary/aromatic N) is 2. The second kappa shape index (κ2) is 4.78. The molecule has 0 radical (unpaired) electrons. The predicted molar refractivity (Wildman–Crippen MR) is 68.7 cm³/mol. The maximum atomic E-state index is 11.9. The van der Waals surface area contributed by atoms with Crippen LogP contribution in [0.3, 0.4) is 0 Å². The molecule has 1 heterocycles. The van der Waals surface area contributed by atoms with Gasteiger partial charge in [0.2, 0.25) is 5.91 Å². The molecule has 7 heteroatoms. The average Bonchev–Trinajstić information content (AvgIpc) is 2.74. The van der Waals surface area contributed by atoms with Crippen LogP contribution >= 0.6 is 11.6 Å². The smallest absolute Gasteiger partial charge is 0.308 e. The first-order chi connectivity index (χ1) is 8.95. The predicted octanol–water partition coefficient (Wildman–Crippen LogP) is 1.23. The van der Waals surface area contributed by atoms with Gasteiger partial charge in [0.05, 0.1) is 27.9 Å². The molecule has 1 unspecified atom stereocenters. The second-order valence-electron chi connectivity index (χ2n) is 4.22. The number of amides is 1. The van der Waals surface area contributed by atoms with Crippen LogP contribution in [0.4, 0.5) is 11.4 Å². The van der Waals surface area contributed by atoms with Crippen LogP contribution in [-0.4, -0.2) is 23.5 Å². The highest BCUT2D eigenvalue weighted by molar-refractivity contribution is 6.32. The van der Waals surface area contributed by atoms with Crippen LogP contribution in [0.1, 0.15) is 12.0 Å². The number of hydrogen-bond donors (Lipinski definition) is 2. The quantitative estimate of drug-likeness (QED) is 0.792. The van der Waals surface area contributed by atoms with Crippen molar-refractivity contribution in [3.63, 3.8) is 0 Å². The summed E-state index contributed by atoms with van der Waals surface area (Å²) >= 11 is 5.89. The molecule has 0 bridgehead atoms. The van der Waals surface area contributed by atoms with Gasteiger partial charge in [-0.2, -0.15) is 5.26 Å². The number of nitrogen functional groups attached to an aromatic ring is 1. The molecule has 1 aliphatic rings. The van der Waals surface area contributed by atoms with Gasteiger partial charge in [0, 0.05) is 13.0 Å². The Morgan fingerprint density at radius 2 is 2.26 bits per heavy atom. The van der Waals surface area contributed by atoms with E-state index >= 15 is 0 Å². The molecular weight excluding hydrogens is 270 g/mol. The zero-order chi connectivity index (χ0) is 14.2. The van der Waals surface area contributed by atoms with E-state index in [0.29, 0.717) is 0 Å². The van der Waals surface area contributed by atoms with Crippen LogP contribution in [0.15, 0.2) is 12.1 Å². The highest BCUT2D eigenvalue weighted by atomic mass is 35.5. The molecule has 1 saturated heterocycles. The molecule has 0 aliphatic carbocycles. The fourth-order valence-corrected chi connectivity index (χ4v) is 2.26.